The van der Waals surface area contributed by atoms with E-state index in [2.05, 4.69) is 9.69 Å². The monoisotopic (exact) mass is 188 g/mol. The van der Waals surface area contributed by atoms with Gasteiger partial charge in [0.2, 0.25) is 0 Å². The van der Waals surface area contributed by atoms with E-state index in [0.717, 1.165) is 0 Å². The van der Waals surface area contributed by atoms with E-state index in [4.69, 9.17) is 0 Å². The van der Waals surface area contributed by atoms with E-state index in [0.29, 0.717) is 11.3 Å². The second-order valence-electron chi connectivity index (χ2n) is 2.26. The molecule has 0 saturated heterocycles. The first kappa shape index (κ1) is 9.12. The van der Waals surface area contributed by atoms with Crippen molar-refractivity contribution in [3.05, 3.63) is 16.6 Å². The summed E-state index contributed by atoms with van der Waals surface area (Å²) in [5.41, 5.74) is 1.23. The molecule has 1 N–H and O–H groups in total. The summed E-state index contributed by atoms with van der Waals surface area (Å²) in [7, 11) is 0. The molecular formula is C7H9FN2OS. The molecule has 0 aliphatic rings. The lowest BCUT2D eigenvalue weighted by atomic mass is 10.2. The highest BCUT2D eigenvalue weighted by molar-refractivity contribution is 7.03. The molecule has 3 nitrogen and oxygen atoms in total. The Labute approximate surface area is 73.8 Å². The van der Waals surface area contributed by atoms with Gasteiger partial charge in [0.15, 0.2) is 0 Å². The summed E-state index contributed by atoms with van der Waals surface area (Å²) < 4.78 is 15.6. The minimum atomic E-state index is -0.539. The van der Waals surface area contributed by atoms with Crippen molar-refractivity contribution in [3.8, 4) is 0 Å². The molecule has 1 aromatic heterocycles. The van der Waals surface area contributed by atoms with Crippen molar-refractivity contribution in [3.63, 3.8) is 0 Å². The molecular weight excluding hydrogens is 179 g/mol. The van der Waals surface area contributed by atoms with Gasteiger partial charge in [0.1, 0.15) is 6.67 Å². The SMILES string of the molecule is Cc1nscc1C(=O)NCCF. The van der Waals surface area contributed by atoms with Gasteiger partial charge in [-0.1, -0.05) is 0 Å². The zero-order chi connectivity index (χ0) is 8.97. The fraction of sp³-hybridized carbons (Fsp3) is 0.429. The van der Waals surface area contributed by atoms with Crippen LogP contribution in [-0.2, 0) is 0 Å². The number of hydrogen-bond donors (Lipinski definition) is 1. The van der Waals surface area contributed by atoms with Crippen LogP contribution >= 0.6 is 11.5 Å². The maximum Gasteiger partial charge on any atom is 0.254 e. The maximum atomic E-state index is 11.7. The number of aromatic nitrogens is 1. The van der Waals surface area contributed by atoms with Gasteiger partial charge in [-0.15, -0.1) is 0 Å². The predicted octanol–water partition coefficient (Wildman–Crippen LogP) is 1.15. The van der Waals surface area contributed by atoms with Crippen molar-refractivity contribution in [2.45, 2.75) is 6.92 Å². The summed E-state index contributed by atoms with van der Waals surface area (Å²) in [4.78, 5) is 11.2. The second-order valence-corrected chi connectivity index (χ2v) is 2.89. The number of carbonyl (C=O) groups is 1. The molecule has 0 radical (unpaired) electrons. The fourth-order valence-electron chi connectivity index (χ4n) is 0.766. The van der Waals surface area contributed by atoms with Gasteiger partial charge >= 0.3 is 0 Å². The van der Waals surface area contributed by atoms with Gasteiger partial charge < -0.3 is 5.32 Å². The molecule has 66 valence electrons. The van der Waals surface area contributed by atoms with E-state index >= 15 is 0 Å². The average molecular weight is 188 g/mol. The smallest absolute Gasteiger partial charge is 0.254 e. The Bertz CT molecular complexity index is 274. The summed E-state index contributed by atoms with van der Waals surface area (Å²) >= 11 is 1.22. The number of alkyl halides is 1. The van der Waals surface area contributed by atoms with Gasteiger partial charge in [0.05, 0.1) is 11.3 Å². The van der Waals surface area contributed by atoms with Gasteiger partial charge in [-0.3, -0.25) is 4.79 Å². The molecule has 1 rings (SSSR count). The Morgan fingerprint density at radius 1 is 1.83 bits per heavy atom. The van der Waals surface area contributed by atoms with Crippen molar-refractivity contribution in [1.29, 1.82) is 0 Å². The average Bonchev–Trinajstić information content (AvgIpc) is 2.47. The number of aryl methyl sites for hydroxylation is 1. The largest absolute Gasteiger partial charge is 0.349 e. The van der Waals surface area contributed by atoms with Crippen molar-refractivity contribution in [1.82, 2.24) is 9.69 Å². The molecule has 12 heavy (non-hydrogen) atoms. The molecule has 0 atom stereocenters. The summed E-state index contributed by atoms with van der Waals surface area (Å²) in [5.74, 6) is -0.251. The van der Waals surface area contributed by atoms with Gasteiger partial charge in [-0.05, 0) is 18.5 Å². The zero-order valence-corrected chi connectivity index (χ0v) is 7.45. The quantitative estimate of drug-likeness (QED) is 0.773. The molecule has 0 aliphatic carbocycles. The summed E-state index contributed by atoms with van der Waals surface area (Å²) in [6, 6.07) is 0. The van der Waals surface area contributed by atoms with Crippen LogP contribution in [0.25, 0.3) is 0 Å². The van der Waals surface area contributed by atoms with Crippen LogP contribution in [0.2, 0.25) is 0 Å². The summed E-state index contributed by atoms with van der Waals surface area (Å²) in [5, 5.41) is 4.08. The Morgan fingerprint density at radius 3 is 3.08 bits per heavy atom. The van der Waals surface area contributed by atoms with E-state index < -0.39 is 6.67 Å². The number of rotatable bonds is 3. The number of nitrogens with one attached hydrogen (secondary N) is 1. The van der Waals surface area contributed by atoms with Gasteiger partial charge in [0, 0.05) is 11.9 Å². The third-order valence-electron chi connectivity index (χ3n) is 1.37. The first-order valence-corrected chi connectivity index (χ1v) is 4.34. The van der Waals surface area contributed by atoms with Gasteiger partial charge in [0.25, 0.3) is 5.91 Å². The summed E-state index contributed by atoms with van der Waals surface area (Å²) in [6.45, 7) is 1.28. The first-order chi connectivity index (χ1) is 5.75. The molecule has 0 bridgehead atoms. The molecule has 0 spiro atoms. The first-order valence-electron chi connectivity index (χ1n) is 3.51. The van der Waals surface area contributed by atoms with E-state index in [1.165, 1.54) is 11.5 Å². The van der Waals surface area contributed by atoms with Crippen LogP contribution in [0.15, 0.2) is 5.38 Å². The van der Waals surface area contributed by atoms with Gasteiger partial charge in [-0.2, -0.15) is 4.37 Å². The molecule has 1 aromatic rings. The lowest BCUT2D eigenvalue weighted by molar-refractivity contribution is 0.0950. The lowest BCUT2D eigenvalue weighted by Gasteiger charge is -1.99. The maximum absolute atomic E-state index is 11.7. The number of hydrogen-bond acceptors (Lipinski definition) is 3. The van der Waals surface area contributed by atoms with E-state index in [-0.39, 0.29) is 12.5 Å². The van der Waals surface area contributed by atoms with E-state index in [1.807, 2.05) is 0 Å². The molecule has 1 heterocycles. The Balaban J connectivity index is 2.59. The van der Waals surface area contributed by atoms with Crippen LogP contribution in [0, 0.1) is 6.92 Å². The third-order valence-corrected chi connectivity index (χ3v) is 2.10. The topological polar surface area (TPSA) is 42.0 Å². The Hall–Kier alpha value is -0.970. The summed E-state index contributed by atoms with van der Waals surface area (Å²) in [6.07, 6.45) is 0. The van der Waals surface area contributed by atoms with Crippen molar-refractivity contribution >= 4 is 17.4 Å². The highest BCUT2D eigenvalue weighted by atomic mass is 32.1. The molecule has 0 aliphatic heterocycles. The molecule has 0 saturated carbocycles. The Morgan fingerprint density at radius 2 is 2.58 bits per heavy atom. The predicted molar refractivity (Wildman–Crippen MR) is 45.2 cm³/mol. The molecule has 1 amide bonds. The van der Waals surface area contributed by atoms with Crippen LogP contribution in [-0.4, -0.2) is 23.5 Å². The number of amides is 1. The lowest BCUT2D eigenvalue weighted by Crippen LogP contribution is -2.25. The van der Waals surface area contributed by atoms with Crippen LogP contribution < -0.4 is 5.32 Å². The Kier molecular flexibility index (Phi) is 3.16. The zero-order valence-electron chi connectivity index (χ0n) is 6.63. The normalized spacial score (nSPS) is 9.83. The molecule has 0 fully saturated rings. The van der Waals surface area contributed by atoms with Crippen LogP contribution in [0.3, 0.4) is 0 Å². The second kappa shape index (κ2) is 4.15. The number of nitrogens with zero attached hydrogens (tertiary/aromatic N) is 1. The number of halogens is 1. The highest BCUT2D eigenvalue weighted by Crippen LogP contribution is 2.08. The fourth-order valence-corrected chi connectivity index (χ4v) is 1.46. The van der Waals surface area contributed by atoms with Crippen LogP contribution in [0.1, 0.15) is 16.1 Å². The minimum absolute atomic E-state index is 0.0636. The number of carbonyl (C=O) groups excluding carboxylic acids is 1. The molecule has 0 aromatic carbocycles. The van der Waals surface area contributed by atoms with Crippen molar-refractivity contribution in [2.24, 2.45) is 0 Å². The van der Waals surface area contributed by atoms with E-state index in [9.17, 15) is 9.18 Å². The van der Waals surface area contributed by atoms with Crippen LogP contribution in [0.5, 0.6) is 0 Å². The molecule has 0 unspecified atom stereocenters. The minimum Gasteiger partial charge on any atom is -0.349 e. The van der Waals surface area contributed by atoms with Crippen LogP contribution in [0.4, 0.5) is 4.39 Å². The molecule has 5 heteroatoms. The third kappa shape index (κ3) is 2.01. The van der Waals surface area contributed by atoms with Crippen molar-refractivity contribution in [2.75, 3.05) is 13.2 Å². The van der Waals surface area contributed by atoms with Crippen molar-refractivity contribution < 1.29 is 9.18 Å². The van der Waals surface area contributed by atoms with E-state index in [1.54, 1.807) is 12.3 Å². The van der Waals surface area contributed by atoms with Gasteiger partial charge in [-0.25, -0.2) is 4.39 Å². The standard InChI is InChI=1S/C7H9FN2OS/c1-5-6(4-12-10-5)7(11)9-3-2-8/h4H,2-3H2,1H3,(H,9,11). The highest BCUT2D eigenvalue weighted by Gasteiger charge is 2.09.